The number of hydrogen-bond donors (Lipinski definition) is 2. The van der Waals surface area contributed by atoms with Crippen molar-refractivity contribution in [1.82, 2.24) is 19.9 Å². The number of amides is 1. The molecule has 0 aliphatic carbocycles. The van der Waals surface area contributed by atoms with Crippen LogP contribution in [0, 0.1) is 5.82 Å². The molecule has 0 radical (unpaired) electrons. The van der Waals surface area contributed by atoms with Crippen molar-refractivity contribution >= 4 is 17.4 Å². The van der Waals surface area contributed by atoms with Crippen LogP contribution >= 0.6 is 0 Å². The number of β-amino-alcohol motifs (C(OH)–C–C–N with tert-alkyl or cyclic N) is 1. The third kappa shape index (κ3) is 2.78. The van der Waals surface area contributed by atoms with Crippen LogP contribution in [-0.4, -0.2) is 45.3 Å². The van der Waals surface area contributed by atoms with E-state index in [0.29, 0.717) is 30.0 Å². The Morgan fingerprint density at radius 3 is 3.00 bits per heavy atom. The Hall–Kier alpha value is -3.00. The Kier molecular flexibility index (Phi) is 4.04. The van der Waals surface area contributed by atoms with Crippen LogP contribution < -0.4 is 10.2 Å². The molecular formula is C18H18FN5O2. The standard InChI is InChI=1S/C18H18FN5O2/c1-20-18(26)14-9-21-24-6-5-16(22-17(14)24)23-10-13(25)8-15(23)11-3-2-4-12(19)7-11/h2-7,9,13,15,25H,8,10H2,1H3,(H,20,26). The number of carbonyl (C=O) groups excluding carboxylic acids is 1. The maximum Gasteiger partial charge on any atom is 0.256 e. The van der Waals surface area contributed by atoms with Gasteiger partial charge in [-0.1, -0.05) is 12.1 Å². The summed E-state index contributed by atoms with van der Waals surface area (Å²) in [5.41, 5.74) is 1.58. The molecule has 1 aliphatic heterocycles. The van der Waals surface area contributed by atoms with E-state index in [-0.39, 0.29) is 17.8 Å². The summed E-state index contributed by atoms with van der Waals surface area (Å²) in [6.07, 6.45) is 3.13. The van der Waals surface area contributed by atoms with Crippen LogP contribution in [0.3, 0.4) is 0 Å². The summed E-state index contributed by atoms with van der Waals surface area (Å²) in [7, 11) is 1.55. The van der Waals surface area contributed by atoms with Crippen LogP contribution in [0.2, 0.25) is 0 Å². The Balaban J connectivity index is 1.76. The third-order valence-electron chi connectivity index (χ3n) is 4.63. The van der Waals surface area contributed by atoms with Crippen LogP contribution in [0.25, 0.3) is 5.65 Å². The van der Waals surface area contributed by atoms with Gasteiger partial charge in [0.05, 0.1) is 18.3 Å². The summed E-state index contributed by atoms with van der Waals surface area (Å²) in [6.45, 7) is 0.383. The monoisotopic (exact) mass is 355 g/mol. The van der Waals surface area contributed by atoms with Crippen LogP contribution in [0.1, 0.15) is 28.4 Å². The molecule has 8 heteroatoms. The van der Waals surface area contributed by atoms with Crippen molar-refractivity contribution in [3.8, 4) is 0 Å². The molecular weight excluding hydrogens is 337 g/mol. The molecule has 0 bridgehead atoms. The second-order valence-corrected chi connectivity index (χ2v) is 6.30. The molecule has 2 N–H and O–H groups in total. The van der Waals surface area contributed by atoms with E-state index < -0.39 is 6.10 Å². The zero-order valence-corrected chi connectivity index (χ0v) is 14.1. The minimum atomic E-state index is -0.537. The lowest BCUT2D eigenvalue weighted by Gasteiger charge is -2.25. The summed E-state index contributed by atoms with van der Waals surface area (Å²) >= 11 is 0. The number of benzene rings is 1. The zero-order valence-electron chi connectivity index (χ0n) is 14.1. The molecule has 0 saturated carbocycles. The summed E-state index contributed by atoms with van der Waals surface area (Å²) < 4.78 is 15.2. The minimum absolute atomic E-state index is 0.193. The van der Waals surface area contributed by atoms with Crippen LogP contribution in [0.5, 0.6) is 0 Å². The average molecular weight is 355 g/mol. The van der Waals surface area contributed by atoms with Gasteiger partial charge >= 0.3 is 0 Å². The van der Waals surface area contributed by atoms with E-state index in [1.807, 2.05) is 11.0 Å². The SMILES string of the molecule is CNC(=O)c1cnn2ccc(N3CC(O)CC3c3cccc(F)c3)nc12. The number of nitrogens with zero attached hydrogens (tertiary/aromatic N) is 4. The lowest BCUT2D eigenvalue weighted by molar-refractivity contribution is 0.0964. The van der Waals surface area contributed by atoms with Gasteiger partial charge in [-0.3, -0.25) is 4.79 Å². The summed E-state index contributed by atoms with van der Waals surface area (Å²) in [6, 6.07) is 7.95. The fourth-order valence-corrected chi connectivity index (χ4v) is 3.41. The Bertz CT molecular complexity index is 973. The first kappa shape index (κ1) is 16.5. The second kappa shape index (κ2) is 6.38. The van der Waals surface area contributed by atoms with E-state index in [9.17, 15) is 14.3 Å². The minimum Gasteiger partial charge on any atom is -0.391 e. The molecule has 1 saturated heterocycles. The fraction of sp³-hybridized carbons (Fsp3) is 0.278. The topological polar surface area (TPSA) is 82.8 Å². The third-order valence-corrected chi connectivity index (χ3v) is 4.63. The summed E-state index contributed by atoms with van der Waals surface area (Å²) in [4.78, 5) is 18.5. The highest BCUT2D eigenvalue weighted by atomic mass is 19.1. The molecule has 3 aromatic rings. The first-order valence-electron chi connectivity index (χ1n) is 8.33. The number of halogens is 1. The van der Waals surface area contributed by atoms with Gasteiger partial charge in [-0.25, -0.2) is 13.9 Å². The average Bonchev–Trinajstić information content (AvgIpc) is 3.24. The number of aliphatic hydroxyl groups is 1. The van der Waals surface area contributed by atoms with E-state index >= 15 is 0 Å². The number of rotatable bonds is 3. The Morgan fingerprint density at radius 1 is 1.38 bits per heavy atom. The van der Waals surface area contributed by atoms with Gasteiger partial charge in [-0.05, 0) is 30.2 Å². The van der Waals surface area contributed by atoms with E-state index in [0.717, 1.165) is 5.56 Å². The highest BCUT2D eigenvalue weighted by molar-refractivity contribution is 5.99. The number of aliphatic hydroxyl groups excluding tert-OH is 1. The van der Waals surface area contributed by atoms with Crippen LogP contribution in [-0.2, 0) is 0 Å². The van der Waals surface area contributed by atoms with Gasteiger partial charge in [0, 0.05) is 19.8 Å². The van der Waals surface area contributed by atoms with Crippen molar-refractivity contribution in [2.24, 2.45) is 0 Å². The highest BCUT2D eigenvalue weighted by Gasteiger charge is 2.33. The molecule has 1 aliphatic rings. The molecule has 7 nitrogen and oxygen atoms in total. The zero-order chi connectivity index (χ0) is 18.3. The van der Waals surface area contributed by atoms with E-state index in [1.165, 1.54) is 22.8 Å². The van der Waals surface area contributed by atoms with Crippen molar-refractivity contribution in [2.75, 3.05) is 18.5 Å². The Labute approximate surface area is 149 Å². The van der Waals surface area contributed by atoms with Gasteiger partial charge in [-0.2, -0.15) is 5.10 Å². The smallest absolute Gasteiger partial charge is 0.256 e. The molecule has 1 aromatic carbocycles. The van der Waals surface area contributed by atoms with E-state index in [4.69, 9.17) is 0 Å². The molecule has 2 aromatic heterocycles. The number of anilines is 1. The predicted molar refractivity (Wildman–Crippen MR) is 93.5 cm³/mol. The lowest BCUT2D eigenvalue weighted by Crippen LogP contribution is -2.25. The summed E-state index contributed by atoms with van der Waals surface area (Å²) in [5.74, 6) is 0.0201. The van der Waals surface area contributed by atoms with Gasteiger partial charge in [0.25, 0.3) is 5.91 Å². The number of fused-ring (bicyclic) bond motifs is 1. The second-order valence-electron chi connectivity index (χ2n) is 6.30. The summed E-state index contributed by atoms with van der Waals surface area (Å²) in [5, 5.41) is 16.9. The Morgan fingerprint density at radius 2 is 2.23 bits per heavy atom. The number of hydrogen-bond acceptors (Lipinski definition) is 5. The fourth-order valence-electron chi connectivity index (χ4n) is 3.41. The first-order chi connectivity index (χ1) is 12.6. The van der Waals surface area contributed by atoms with Crippen molar-refractivity contribution in [3.63, 3.8) is 0 Å². The number of aromatic nitrogens is 3. The van der Waals surface area contributed by atoms with Crippen molar-refractivity contribution in [1.29, 1.82) is 0 Å². The van der Waals surface area contributed by atoms with Gasteiger partial charge in [0.2, 0.25) is 0 Å². The predicted octanol–water partition coefficient (Wildman–Crippen LogP) is 1.54. The molecule has 1 fully saturated rings. The highest BCUT2D eigenvalue weighted by Crippen LogP contribution is 2.35. The molecule has 2 atom stereocenters. The molecule has 4 rings (SSSR count). The van der Waals surface area contributed by atoms with Crippen molar-refractivity contribution in [3.05, 3.63) is 59.7 Å². The van der Waals surface area contributed by atoms with Gasteiger partial charge in [-0.15, -0.1) is 0 Å². The maximum atomic E-state index is 13.6. The molecule has 3 heterocycles. The molecule has 26 heavy (non-hydrogen) atoms. The normalized spacial score (nSPS) is 19.9. The van der Waals surface area contributed by atoms with Crippen LogP contribution in [0.15, 0.2) is 42.7 Å². The lowest BCUT2D eigenvalue weighted by atomic mass is 10.0. The molecule has 2 unspecified atom stereocenters. The number of carbonyl (C=O) groups is 1. The van der Waals surface area contributed by atoms with Crippen molar-refractivity contribution < 1.29 is 14.3 Å². The molecule has 134 valence electrons. The quantitative estimate of drug-likeness (QED) is 0.745. The largest absolute Gasteiger partial charge is 0.391 e. The van der Waals surface area contributed by atoms with Crippen molar-refractivity contribution in [2.45, 2.75) is 18.6 Å². The first-order valence-corrected chi connectivity index (χ1v) is 8.33. The number of nitrogens with one attached hydrogen (secondary N) is 1. The van der Waals surface area contributed by atoms with E-state index in [2.05, 4.69) is 15.4 Å². The van der Waals surface area contributed by atoms with Crippen LogP contribution in [0.4, 0.5) is 10.2 Å². The van der Waals surface area contributed by atoms with Gasteiger partial charge < -0.3 is 15.3 Å². The van der Waals surface area contributed by atoms with Gasteiger partial charge in [0.1, 0.15) is 17.2 Å². The molecule has 0 spiro atoms. The maximum absolute atomic E-state index is 13.6. The van der Waals surface area contributed by atoms with Gasteiger partial charge in [0.15, 0.2) is 5.65 Å². The molecule has 1 amide bonds. The van der Waals surface area contributed by atoms with E-state index in [1.54, 1.807) is 25.4 Å².